The summed E-state index contributed by atoms with van der Waals surface area (Å²) in [5.74, 6) is 9.07. The molecular weight excluding hydrogens is 1080 g/mol. The van der Waals surface area contributed by atoms with Gasteiger partial charge < -0.3 is 8.98 Å². The number of aromatic nitrogens is 4. The SMILES string of the molecule is CC(C)Cc1cc(-c2[c-]cccc2)nc[c]1[Ge]([CH3])([CH3])[CH3].Cc1c[c-]c(-c2nc3ccccc3n2-c2c(-c3ccccc3)cc(C(C)(C)C)cc2-c2ccccc2)c2oc3nc(C(C)C)ccc3c12.[Ir]. The number of furan rings is 1. The molecule has 0 aliphatic heterocycles. The first-order valence-electron chi connectivity index (χ1n) is 24.1. The van der Waals surface area contributed by atoms with Crippen molar-refractivity contribution in [2.45, 2.75) is 90.4 Å². The third-order valence-corrected chi connectivity index (χ3v) is 17.1. The van der Waals surface area contributed by atoms with Gasteiger partial charge in [0.2, 0.25) is 5.71 Å². The second-order valence-electron chi connectivity index (χ2n) is 20.9. The summed E-state index contributed by atoms with van der Waals surface area (Å²) in [5, 5.41) is 2.06. The number of rotatable bonds is 9. The first kappa shape index (κ1) is 49.5. The third kappa shape index (κ3) is 10.2. The molecule has 5 nitrogen and oxygen atoms in total. The van der Waals surface area contributed by atoms with E-state index in [0.29, 0.717) is 17.5 Å². The summed E-state index contributed by atoms with van der Waals surface area (Å²) < 4.78 is 10.6. The smallest absolute Gasteiger partial charge is 0.216 e. The van der Waals surface area contributed by atoms with Gasteiger partial charge in [-0.1, -0.05) is 125 Å². The van der Waals surface area contributed by atoms with Crippen LogP contribution in [0.3, 0.4) is 0 Å². The molecule has 0 aliphatic carbocycles. The Balaban J connectivity index is 0.000000257. The van der Waals surface area contributed by atoms with Crippen molar-refractivity contribution in [3.05, 3.63) is 186 Å². The maximum Gasteiger partial charge on any atom is 0.216 e. The van der Waals surface area contributed by atoms with Crippen LogP contribution in [0.2, 0.25) is 17.3 Å². The Kier molecular flexibility index (Phi) is 14.5. The Morgan fingerprint density at radius 2 is 1.36 bits per heavy atom. The van der Waals surface area contributed by atoms with E-state index in [9.17, 15) is 0 Å². The second-order valence-corrected chi connectivity index (χ2v) is 31.5. The van der Waals surface area contributed by atoms with Gasteiger partial charge in [-0.3, -0.25) is 4.98 Å². The van der Waals surface area contributed by atoms with Crippen LogP contribution in [0, 0.1) is 25.0 Å². The first-order valence-corrected chi connectivity index (χ1v) is 31.4. The van der Waals surface area contributed by atoms with Crippen molar-refractivity contribution in [3.8, 4) is 50.6 Å². The second kappa shape index (κ2) is 20.2. The molecule has 10 aromatic rings. The quantitative estimate of drug-likeness (QED) is 0.107. The maximum atomic E-state index is 6.69. The number of pyridine rings is 2. The van der Waals surface area contributed by atoms with Gasteiger partial charge in [-0.15, -0.1) is 17.7 Å². The van der Waals surface area contributed by atoms with Gasteiger partial charge in [-0.25, -0.2) is 4.98 Å². The van der Waals surface area contributed by atoms with Crippen molar-refractivity contribution in [2.24, 2.45) is 5.92 Å². The zero-order chi connectivity index (χ0) is 47.9. The molecule has 0 atom stereocenters. The van der Waals surface area contributed by atoms with Crippen LogP contribution in [0.25, 0.3) is 83.7 Å². The summed E-state index contributed by atoms with van der Waals surface area (Å²) >= 11 is -1.86. The Morgan fingerprint density at radius 3 is 1.96 bits per heavy atom. The van der Waals surface area contributed by atoms with Gasteiger partial charge in [0, 0.05) is 42.3 Å². The van der Waals surface area contributed by atoms with Gasteiger partial charge in [-0.05, 0) is 64.4 Å². The minimum Gasteiger partial charge on any atom is -0.486 e. The number of hydrogen-bond donors (Lipinski definition) is 0. The number of fused-ring (bicyclic) bond motifs is 4. The van der Waals surface area contributed by atoms with Crippen molar-refractivity contribution < 1.29 is 24.5 Å². The first-order chi connectivity index (χ1) is 32.6. The van der Waals surface area contributed by atoms with Crippen molar-refractivity contribution in [3.63, 3.8) is 0 Å². The molecule has 0 fully saturated rings. The molecule has 4 heterocycles. The molecule has 0 saturated heterocycles. The summed E-state index contributed by atoms with van der Waals surface area (Å²) in [6.07, 6.45) is 3.27. The van der Waals surface area contributed by atoms with Gasteiger partial charge in [0.15, 0.2) is 0 Å². The van der Waals surface area contributed by atoms with Gasteiger partial charge in [0.1, 0.15) is 0 Å². The molecule has 10 rings (SSSR count). The number of imidazole rings is 1. The van der Waals surface area contributed by atoms with E-state index in [1.165, 1.54) is 11.1 Å². The Hall–Kier alpha value is -5.92. The molecule has 0 aliphatic rings. The van der Waals surface area contributed by atoms with Crippen molar-refractivity contribution in [1.29, 1.82) is 0 Å². The van der Waals surface area contributed by atoms with Crippen molar-refractivity contribution in [1.82, 2.24) is 19.5 Å². The Bertz CT molecular complexity index is 3340. The Morgan fingerprint density at radius 1 is 0.725 bits per heavy atom. The molecule has 351 valence electrons. The van der Waals surface area contributed by atoms with Crippen LogP contribution < -0.4 is 4.40 Å². The van der Waals surface area contributed by atoms with Crippen LogP contribution >= 0.6 is 0 Å². The minimum absolute atomic E-state index is 0. The van der Waals surface area contributed by atoms with E-state index >= 15 is 0 Å². The molecule has 69 heavy (non-hydrogen) atoms. The fraction of sp³-hybridized carbons (Fsp3) is 0.242. The summed E-state index contributed by atoms with van der Waals surface area (Å²) in [5.41, 5.74) is 16.7. The van der Waals surface area contributed by atoms with E-state index in [0.717, 1.165) is 95.7 Å². The summed E-state index contributed by atoms with van der Waals surface area (Å²) in [6, 6.07) is 58.1. The average molecular weight is 1140 g/mol. The molecular formula is C62H62GeIrN4O-2. The summed E-state index contributed by atoms with van der Waals surface area (Å²) in [7, 11) is 0. The largest absolute Gasteiger partial charge is 0.486 e. The predicted octanol–water partition coefficient (Wildman–Crippen LogP) is 16.1. The number of hydrogen-bond acceptors (Lipinski definition) is 4. The zero-order valence-electron chi connectivity index (χ0n) is 41.8. The zero-order valence-corrected chi connectivity index (χ0v) is 46.3. The summed E-state index contributed by atoms with van der Waals surface area (Å²) in [6.45, 7) is 17.8. The molecule has 0 unspecified atom stereocenters. The minimum atomic E-state index is -1.86. The summed E-state index contributed by atoms with van der Waals surface area (Å²) in [4.78, 5) is 15.0. The van der Waals surface area contributed by atoms with E-state index in [-0.39, 0.29) is 25.5 Å². The van der Waals surface area contributed by atoms with Crippen LogP contribution in [-0.4, -0.2) is 32.8 Å². The molecule has 0 saturated carbocycles. The van der Waals surface area contributed by atoms with Gasteiger partial charge >= 0.3 is 126 Å². The molecule has 6 aromatic carbocycles. The van der Waals surface area contributed by atoms with Gasteiger partial charge in [0.05, 0.1) is 28.1 Å². The number of nitrogens with zero attached hydrogens (tertiary/aromatic N) is 4. The van der Waals surface area contributed by atoms with Crippen LogP contribution in [0.4, 0.5) is 0 Å². The van der Waals surface area contributed by atoms with E-state index in [1.54, 1.807) is 4.40 Å². The van der Waals surface area contributed by atoms with Crippen LogP contribution in [0.1, 0.15) is 76.8 Å². The molecule has 4 aromatic heterocycles. The molecule has 1 radical (unpaired) electrons. The molecule has 7 heteroatoms. The van der Waals surface area contributed by atoms with Crippen molar-refractivity contribution >= 4 is 50.8 Å². The molecule has 0 bridgehead atoms. The Labute approximate surface area is 425 Å². The fourth-order valence-electron chi connectivity index (χ4n) is 9.25. The molecule has 0 spiro atoms. The van der Waals surface area contributed by atoms with Crippen LogP contribution in [0.5, 0.6) is 0 Å². The normalized spacial score (nSPS) is 11.9. The van der Waals surface area contributed by atoms with Crippen molar-refractivity contribution in [2.75, 3.05) is 0 Å². The van der Waals surface area contributed by atoms with Crippen LogP contribution in [0.15, 0.2) is 156 Å². The van der Waals surface area contributed by atoms with E-state index in [1.807, 2.05) is 18.2 Å². The average Bonchev–Trinajstić information content (AvgIpc) is 3.91. The predicted molar refractivity (Wildman–Crippen MR) is 289 cm³/mol. The standard InChI is InChI=1S/C44H38N3O.C18H24GeN.Ir/c1-27(2)36-24-23-32-39-28(3)21-22-33(41(39)48-43(32)46-36)42-45-37-19-13-14-20-38(37)47(42)40-34(29-15-9-7-10-16-29)25-31(44(4,5)6)26-35(40)30-17-11-8-12-18-30;1-14(2)11-16-12-18(15-9-7-6-8-10-15)20-13-17(16)19(3,4)5;/h7-21,23-27H,1-6H3;6-9,12-14H,11H2,1-5H3;/q2*-1;. The van der Waals surface area contributed by atoms with Gasteiger partial charge in [0.25, 0.3) is 0 Å². The molecule has 0 N–H and O–H groups in total. The maximum absolute atomic E-state index is 6.69. The number of para-hydroxylation sites is 2. The topological polar surface area (TPSA) is 56.7 Å². The van der Waals surface area contributed by atoms with E-state index < -0.39 is 13.3 Å². The number of aryl methyl sites for hydroxylation is 1. The van der Waals surface area contributed by atoms with E-state index in [4.69, 9.17) is 19.4 Å². The fourth-order valence-corrected chi connectivity index (χ4v) is 12.6. The van der Waals surface area contributed by atoms with E-state index in [2.05, 4.69) is 223 Å². The monoisotopic (exact) mass is 1150 g/mol. The van der Waals surface area contributed by atoms with Crippen LogP contribution in [-0.2, 0) is 31.9 Å². The third-order valence-electron chi connectivity index (χ3n) is 12.8. The van der Waals surface area contributed by atoms with Gasteiger partial charge in [-0.2, -0.15) is 0 Å². The number of benzene rings is 6. The molecule has 0 amide bonds.